The zero-order valence-corrected chi connectivity index (χ0v) is 14.2. The molecule has 0 aliphatic carbocycles. The molecule has 0 spiro atoms. The first kappa shape index (κ1) is 15.8. The van der Waals surface area contributed by atoms with E-state index in [2.05, 4.69) is 37.9 Å². The number of aryl methyl sites for hydroxylation is 1. The van der Waals surface area contributed by atoms with Crippen LogP contribution in [0, 0.1) is 11.8 Å². The molecule has 0 bridgehead atoms. The molecule has 114 valence electrons. The van der Waals surface area contributed by atoms with Gasteiger partial charge in [0.15, 0.2) is 5.13 Å². The molecule has 4 heteroatoms. The molecule has 1 aliphatic heterocycles. The van der Waals surface area contributed by atoms with Crippen molar-refractivity contribution in [1.82, 2.24) is 10.3 Å². The maximum Gasteiger partial charge on any atom is 0.185 e. The van der Waals surface area contributed by atoms with Gasteiger partial charge in [-0.15, -0.1) is 11.3 Å². The molecule has 20 heavy (non-hydrogen) atoms. The van der Waals surface area contributed by atoms with E-state index in [-0.39, 0.29) is 0 Å². The molecule has 1 aliphatic rings. The lowest BCUT2D eigenvalue weighted by atomic mass is 9.89. The van der Waals surface area contributed by atoms with E-state index in [0.717, 1.165) is 31.3 Å². The van der Waals surface area contributed by atoms with Crippen molar-refractivity contribution in [1.29, 1.82) is 0 Å². The zero-order valence-electron chi connectivity index (χ0n) is 13.4. The second kappa shape index (κ2) is 7.41. The summed E-state index contributed by atoms with van der Waals surface area (Å²) in [5.41, 5.74) is 1.32. The molecule has 2 rings (SSSR count). The van der Waals surface area contributed by atoms with Crippen LogP contribution in [0.2, 0.25) is 0 Å². The van der Waals surface area contributed by atoms with Crippen LogP contribution in [-0.4, -0.2) is 24.6 Å². The molecule has 0 saturated carbocycles. The lowest BCUT2D eigenvalue weighted by Crippen LogP contribution is -2.38. The van der Waals surface area contributed by atoms with Crippen molar-refractivity contribution in [3.05, 3.63) is 10.6 Å². The topological polar surface area (TPSA) is 28.2 Å². The fraction of sp³-hybridized carbons (Fsp3) is 0.812. The van der Waals surface area contributed by atoms with Gasteiger partial charge in [0, 0.05) is 24.5 Å². The number of hydrogen-bond acceptors (Lipinski definition) is 4. The standard InChI is InChI=1S/C16H29N3S/c1-5-7-14-15(10-17-6-2)20-16(18-14)19-9-8-12(3)13(4)11-19/h12-13,17H,5-11H2,1-4H3. The molecule has 1 N–H and O–H groups in total. The van der Waals surface area contributed by atoms with Gasteiger partial charge in [-0.2, -0.15) is 0 Å². The van der Waals surface area contributed by atoms with E-state index in [9.17, 15) is 0 Å². The molecule has 1 fully saturated rings. The first-order valence-corrected chi connectivity index (χ1v) is 8.91. The normalized spacial score (nSPS) is 23.3. The van der Waals surface area contributed by atoms with E-state index < -0.39 is 0 Å². The Morgan fingerprint density at radius 2 is 2.10 bits per heavy atom. The van der Waals surface area contributed by atoms with Gasteiger partial charge in [-0.1, -0.05) is 34.1 Å². The van der Waals surface area contributed by atoms with Gasteiger partial charge < -0.3 is 10.2 Å². The molecule has 0 amide bonds. The van der Waals surface area contributed by atoms with Crippen molar-refractivity contribution < 1.29 is 0 Å². The molecular formula is C16H29N3S. The second-order valence-electron chi connectivity index (χ2n) is 6.09. The second-order valence-corrected chi connectivity index (χ2v) is 7.15. The summed E-state index contributed by atoms with van der Waals surface area (Å²) in [5.74, 6) is 1.63. The number of nitrogens with zero attached hydrogens (tertiary/aromatic N) is 2. The van der Waals surface area contributed by atoms with Crippen molar-refractivity contribution in [3.63, 3.8) is 0 Å². The average molecular weight is 295 g/mol. The third kappa shape index (κ3) is 3.73. The monoisotopic (exact) mass is 295 g/mol. The number of aromatic nitrogens is 1. The Bertz CT molecular complexity index is 416. The van der Waals surface area contributed by atoms with Crippen LogP contribution < -0.4 is 10.2 Å². The maximum atomic E-state index is 4.94. The number of piperidine rings is 1. The maximum absolute atomic E-state index is 4.94. The van der Waals surface area contributed by atoms with E-state index >= 15 is 0 Å². The highest BCUT2D eigenvalue weighted by molar-refractivity contribution is 7.15. The van der Waals surface area contributed by atoms with Crippen molar-refractivity contribution in [2.24, 2.45) is 11.8 Å². The Hall–Kier alpha value is -0.610. The quantitative estimate of drug-likeness (QED) is 0.867. The predicted octanol–water partition coefficient (Wildman–Crippen LogP) is 3.69. The Morgan fingerprint density at radius 3 is 2.75 bits per heavy atom. The minimum Gasteiger partial charge on any atom is -0.348 e. The average Bonchev–Trinajstić information content (AvgIpc) is 2.83. The first-order valence-electron chi connectivity index (χ1n) is 8.09. The van der Waals surface area contributed by atoms with Crippen LogP contribution in [0.25, 0.3) is 0 Å². The van der Waals surface area contributed by atoms with Gasteiger partial charge in [0.25, 0.3) is 0 Å². The summed E-state index contributed by atoms with van der Waals surface area (Å²) in [6.45, 7) is 13.5. The van der Waals surface area contributed by atoms with Crippen LogP contribution >= 0.6 is 11.3 Å². The number of hydrogen-bond donors (Lipinski definition) is 1. The van der Waals surface area contributed by atoms with E-state index in [1.54, 1.807) is 0 Å². The molecule has 1 aromatic heterocycles. The number of nitrogens with one attached hydrogen (secondary N) is 1. The molecule has 2 heterocycles. The molecule has 0 radical (unpaired) electrons. The van der Waals surface area contributed by atoms with Crippen molar-refractivity contribution in [2.45, 2.75) is 53.5 Å². The molecular weight excluding hydrogens is 266 g/mol. The first-order chi connectivity index (χ1) is 9.65. The molecule has 1 saturated heterocycles. The van der Waals surface area contributed by atoms with Gasteiger partial charge in [0.05, 0.1) is 5.69 Å². The summed E-state index contributed by atoms with van der Waals surface area (Å²) in [6.07, 6.45) is 3.58. The Morgan fingerprint density at radius 1 is 1.30 bits per heavy atom. The van der Waals surface area contributed by atoms with Crippen molar-refractivity contribution in [3.8, 4) is 0 Å². The third-order valence-electron chi connectivity index (χ3n) is 4.39. The highest BCUT2D eigenvalue weighted by Gasteiger charge is 2.25. The molecule has 1 aromatic rings. The largest absolute Gasteiger partial charge is 0.348 e. The lowest BCUT2D eigenvalue weighted by Gasteiger charge is -2.35. The molecule has 3 nitrogen and oxygen atoms in total. The summed E-state index contributed by atoms with van der Waals surface area (Å²) >= 11 is 1.90. The van der Waals surface area contributed by atoms with E-state index in [1.807, 2.05) is 11.3 Å². The zero-order chi connectivity index (χ0) is 14.5. The van der Waals surface area contributed by atoms with Gasteiger partial charge in [-0.05, 0) is 31.2 Å². The fourth-order valence-electron chi connectivity index (χ4n) is 2.75. The summed E-state index contributed by atoms with van der Waals surface area (Å²) in [5, 5.41) is 4.70. The van der Waals surface area contributed by atoms with Gasteiger partial charge in [0.1, 0.15) is 0 Å². The Labute approximate surface area is 127 Å². The van der Waals surface area contributed by atoms with Gasteiger partial charge in [-0.25, -0.2) is 4.98 Å². The summed E-state index contributed by atoms with van der Waals surface area (Å²) in [6, 6.07) is 0. The third-order valence-corrected chi connectivity index (χ3v) is 5.55. The van der Waals surface area contributed by atoms with Crippen molar-refractivity contribution >= 4 is 16.5 Å². The summed E-state index contributed by atoms with van der Waals surface area (Å²) in [4.78, 5) is 8.88. The summed E-state index contributed by atoms with van der Waals surface area (Å²) in [7, 11) is 0. The van der Waals surface area contributed by atoms with Crippen LogP contribution in [0.5, 0.6) is 0 Å². The fourth-order valence-corrected chi connectivity index (χ4v) is 3.86. The van der Waals surface area contributed by atoms with Crippen LogP contribution in [0.4, 0.5) is 5.13 Å². The molecule has 2 atom stereocenters. The highest BCUT2D eigenvalue weighted by atomic mass is 32.1. The smallest absolute Gasteiger partial charge is 0.185 e. The van der Waals surface area contributed by atoms with E-state index in [0.29, 0.717) is 0 Å². The van der Waals surface area contributed by atoms with Crippen LogP contribution in [-0.2, 0) is 13.0 Å². The minimum absolute atomic E-state index is 0.777. The molecule has 2 unspecified atom stereocenters. The predicted molar refractivity (Wildman–Crippen MR) is 88.6 cm³/mol. The number of anilines is 1. The SMILES string of the molecule is CCCc1nc(N2CCC(C)C(C)C2)sc1CNCC. The van der Waals surface area contributed by atoms with Crippen molar-refractivity contribution in [2.75, 3.05) is 24.5 Å². The number of thiazole rings is 1. The van der Waals surface area contributed by atoms with Gasteiger partial charge in [-0.3, -0.25) is 0 Å². The van der Waals surface area contributed by atoms with E-state index in [4.69, 9.17) is 4.98 Å². The summed E-state index contributed by atoms with van der Waals surface area (Å²) < 4.78 is 0. The van der Waals surface area contributed by atoms with Crippen LogP contribution in [0.15, 0.2) is 0 Å². The van der Waals surface area contributed by atoms with E-state index in [1.165, 1.54) is 41.6 Å². The highest BCUT2D eigenvalue weighted by Crippen LogP contribution is 2.32. The number of rotatable bonds is 6. The lowest BCUT2D eigenvalue weighted by molar-refractivity contribution is 0.323. The molecule has 0 aromatic carbocycles. The Kier molecular flexibility index (Phi) is 5.85. The van der Waals surface area contributed by atoms with Crippen LogP contribution in [0.1, 0.15) is 51.1 Å². The van der Waals surface area contributed by atoms with Crippen LogP contribution in [0.3, 0.4) is 0 Å². The minimum atomic E-state index is 0.777. The Balaban J connectivity index is 2.11. The van der Waals surface area contributed by atoms with Gasteiger partial charge in [0.2, 0.25) is 0 Å². The van der Waals surface area contributed by atoms with Gasteiger partial charge >= 0.3 is 0 Å².